The molecule has 1 aromatic heterocycles. The van der Waals surface area contributed by atoms with E-state index in [1.165, 1.54) is 22.5 Å². The van der Waals surface area contributed by atoms with Crippen LogP contribution in [-0.2, 0) is 11.2 Å². The van der Waals surface area contributed by atoms with Gasteiger partial charge in [0.15, 0.2) is 5.82 Å². The van der Waals surface area contributed by atoms with Crippen LogP contribution in [0.5, 0.6) is 0 Å². The first-order chi connectivity index (χ1) is 9.79. The molecular weight excluding hydrogens is 290 g/mol. The first-order valence-corrected chi connectivity index (χ1v) is 7.34. The summed E-state index contributed by atoms with van der Waals surface area (Å²) < 4.78 is 1.47. The maximum Gasteiger partial charge on any atom is 0.269 e. The van der Waals surface area contributed by atoms with Crippen molar-refractivity contribution in [2.75, 3.05) is 5.84 Å². The van der Waals surface area contributed by atoms with E-state index < -0.39 is 4.92 Å². The molecule has 0 radical (unpaired) electrons. The zero-order valence-corrected chi connectivity index (χ0v) is 12.9. The predicted molar refractivity (Wildman–Crippen MR) is 81.5 cm³/mol. The van der Waals surface area contributed by atoms with E-state index in [1.54, 1.807) is 12.1 Å². The Labute approximate surface area is 126 Å². The lowest BCUT2D eigenvalue weighted by atomic mass is 9.96. The average Bonchev–Trinajstić information content (AvgIpc) is 2.78. The monoisotopic (exact) mass is 307 g/mol. The van der Waals surface area contributed by atoms with Crippen LogP contribution in [0.15, 0.2) is 29.4 Å². The highest BCUT2D eigenvalue weighted by atomic mass is 32.2. The number of thioether (sulfide) groups is 1. The Balaban J connectivity index is 2.12. The Hall–Kier alpha value is -2.09. The summed E-state index contributed by atoms with van der Waals surface area (Å²) in [5.74, 6) is 7.24. The lowest BCUT2D eigenvalue weighted by Gasteiger charge is -2.16. The van der Waals surface area contributed by atoms with Gasteiger partial charge in [-0.3, -0.25) is 10.1 Å². The van der Waals surface area contributed by atoms with E-state index in [0.717, 1.165) is 5.56 Å². The highest BCUT2D eigenvalue weighted by molar-refractivity contribution is 7.98. The maximum absolute atomic E-state index is 10.7. The normalized spacial score (nSPS) is 11.6. The third-order valence-electron chi connectivity index (χ3n) is 2.82. The molecule has 0 unspecified atom stereocenters. The smallest absolute Gasteiger partial charge is 0.269 e. The molecule has 0 aliphatic heterocycles. The van der Waals surface area contributed by atoms with Gasteiger partial charge in [-0.2, -0.15) is 0 Å². The van der Waals surface area contributed by atoms with Crippen molar-refractivity contribution in [2.24, 2.45) is 0 Å². The lowest BCUT2D eigenvalue weighted by molar-refractivity contribution is -0.384. The Kier molecular flexibility index (Phi) is 4.17. The Bertz CT molecular complexity index is 663. The lowest BCUT2D eigenvalue weighted by Crippen LogP contribution is -2.24. The third-order valence-corrected chi connectivity index (χ3v) is 3.84. The number of nitrogens with zero attached hydrogens (tertiary/aromatic N) is 4. The van der Waals surface area contributed by atoms with Crippen LogP contribution in [0.2, 0.25) is 0 Å². The zero-order chi connectivity index (χ0) is 15.6. The fourth-order valence-electron chi connectivity index (χ4n) is 1.79. The molecule has 112 valence electrons. The van der Waals surface area contributed by atoms with E-state index in [-0.39, 0.29) is 11.1 Å². The molecule has 0 aliphatic rings. The van der Waals surface area contributed by atoms with Crippen LogP contribution in [-0.4, -0.2) is 19.8 Å². The molecule has 2 rings (SSSR count). The molecule has 0 amide bonds. The van der Waals surface area contributed by atoms with E-state index in [1.807, 2.05) is 26.8 Å². The van der Waals surface area contributed by atoms with Crippen molar-refractivity contribution in [3.8, 4) is 0 Å². The largest absolute Gasteiger partial charge is 0.336 e. The van der Waals surface area contributed by atoms with E-state index in [0.29, 0.717) is 16.7 Å². The van der Waals surface area contributed by atoms with Crippen LogP contribution in [0.25, 0.3) is 0 Å². The number of aromatic nitrogens is 3. The van der Waals surface area contributed by atoms with E-state index in [4.69, 9.17) is 5.84 Å². The second kappa shape index (κ2) is 5.72. The topological polar surface area (TPSA) is 99.9 Å². The molecule has 7 nitrogen and oxygen atoms in total. The van der Waals surface area contributed by atoms with Crippen molar-refractivity contribution < 1.29 is 4.92 Å². The fraction of sp³-hybridized carbons (Fsp3) is 0.385. The molecule has 2 N–H and O–H groups in total. The average molecular weight is 307 g/mol. The first kappa shape index (κ1) is 15.3. The van der Waals surface area contributed by atoms with Gasteiger partial charge < -0.3 is 5.84 Å². The van der Waals surface area contributed by atoms with Gasteiger partial charge in [0.05, 0.1) is 4.92 Å². The maximum atomic E-state index is 10.7. The molecule has 0 spiro atoms. The van der Waals surface area contributed by atoms with Gasteiger partial charge in [-0.25, -0.2) is 4.68 Å². The van der Waals surface area contributed by atoms with Gasteiger partial charge in [0.25, 0.3) is 5.69 Å². The molecule has 0 bridgehead atoms. The van der Waals surface area contributed by atoms with Gasteiger partial charge in [-0.15, -0.1) is 10.2 Å². The van der Waals surface area contributed by atoms with Gasteiger partial charge in [-0.1, -0.05) is 44.7 Å². The quantitative estimate of drug-likeness (QED) is 0.403. The summed E-state index contributed by atoms with van der Waals surface area (Å²) in [6.07, 6.45) is 0. The minimum atomic E-state index is -0.405. The Morgan fingerprint density at radius 2 is 2.10 bits per heavy atom. The summed E-state index contributed by atoms with van der Waals surface area (Å²) in [4.78, 5) is 10.3. The van der Waals surface area contributed by atoms with Gasteiger partial charge in [0.2, 0.25) is 5.16 Å². The molecule has 8 heteroatoms. The zero-order valence-electron chi connectivity index (χ0n) is 12.1. The van der Waals surface area contributed by atoms with Gasteiger partial charge in [0.1, 0.15) is 0 Å². The van der Waals surface area contributed by atoms with Gasteiger partial charge in [-0.05, 0) is 5.56 Å². The summed E-state index contributed by atoms with van der Waals surface area (Å²) >= 11 is 1.40. The molecule has 0 aliphatic carbocycles. The summed E-state index contributed by atoms with van der Waals surface area (Å²) in [6.45, 7) is 6.03. The highest BCUT2D eigenvalue weighted by Gasteiger charge is 2.23. The molecule has 0 atom stereocenters. The fourth-order valence-corrected chi connectivity index (χ4v) is 2.59. The van der Waals surface area contributed by atoms with Crippen molar-refractivity contribution in [3.63, 3.8) is 0 Å². The molecule has 0 saturated heterocycles. The molecule has 2 aromatic rings. The van der Waals surface area contributed by atoms with E-state index in [2.05, 4.69) is 10.2 Å². The third kappa shape index (κ3) is 3.52. The summed E-state index contributed by atoms with van der Waals surface area (Å²) in [7, 11) is 0. The number of hydrogen-bond donors (Lipinski definition) is 1. The van der Waals surface area contributed by atoms with Gasteiger partial charge in [0, 0.05) is 23.3 Å². The molecule has 1 aromatic carbocycles. The summed E-state index contributed by atoms with van der Waals surface area (Å²) in [5, 5.41) is 19.5. The van der Waals surface area contributed by atoms with Crippen molar-refractivity contribution in [1.82, 2.24) is 14.9 Å². The summed E-state index contributed by atoms with van der Waals surface area (Å²) in [5.41, 5.74) is 0.735. The first-order valence-electron chi connectivity index (χ1n) is 6.36. The predicted octanol–water partition coefficient (Wildman–Crippen LogP) is 2.49. The van der Waals surface area contributed by atoms with E-state index in [9.17, 15) is 10.1 Å². The number of nitro groups is 1. The Morgan fingerprint density at radius 3 is 2.67 bits per heavy atom. The van der Waals surface area contributed by atoms with Crippen molar-refractivity contribution in [2.45, 2.75) is 37.1 Å². The van der Waals surface area contributed by atoms with Crippen molar-refractivity contribution in [1.29, 1.82) is 0 Å². The number of nitrogen functional groups attached to an aromatic ring is 1. The second-order valence-corrected chi connectivity index (χ2v) is 6.58. The van der Waals surface area contributed by atoms with Crippen LogP contribution >= 0.6 is 11.8 Å². The number of nitrogens with two attached hydrogens (primary N) is 1. The van der Waals surface area contributed by atoms with Crippen molar-refractivity contribution in [3.05, 3.63) is 45.8 Å². The van der Waals surface area contributed by atoms with E-state index >= 15 is 0 Å². The van der Waals surface area contributed by atoms with Crippen LogP contribution in [0.4, 0.5) is 5.69 Å². The molecule has 1 heterocycles. The Morgan fingerprint density at radius 1 is 1.38 bits per heavy atom. The molecular formula is C13H17N5O2S. The van der Waals surface area contributed by atoms with Crippen LogP contribution < -0.4 is 5.84 Å². The number of hydrogen-bond acceptors (Lipinski definition) is 6. The van der Waals surface area contributed by atoms with Crippen LogP contribution in [0.1, 0.15) is 32.2 Å². The second-order valence-electron chi connectivity index (χ2n) is 5.64. The highest BCUT2D eigenvalue weighted by Crippen LogP contribution is 2.26. The molecule has 21 heavy (non-hydrogen) atoms. The molecule has 0 saturated carbocycles. The minimum Gasteiger partial charge on any atom is -0.336 e. The minimum absolute atomic E-state index is 0.0812. The number of rotatable bonds is 4. The number of benzene rings is 1. The van der Waals surface area contributed by atoms with Gasteiger partial charge >= 0.3 is 0 Å². The molecule has 0 fully saturated rings. The van der Waals surface area contributed by atoms with Crippen molar-refractivity contribution >= 4 is 17.4 Å². The van der Waals surface area contributed by atoms with Crippen LogP contribution in [0.3, 0.4) is 0 Å². The summed E-state index contributed by atoms with van der Waals surface area (Å²) in [6, 6.07) is 6.52. The number of nitro benzene ring substituents is 1. The number of non-ortho nitro benzene ring substituents is 1. The SMILES string of the molecule is CC(C)(C)c1nnc(SCc2cccc([N+](=O)[O-])c2)n1N. The standard InChI is InChI=1S/C13H17N5O2S/c1-13(2,3)11-15-16-12(17(11)14)21-8-9-5-4-6-10(7-9)18(19)20/h4-7H,8,14H2,1-3H3. The van der Waals surface area contributed by atoms with Crippen LogP contribution in [0, 0.1) is 10.1 Å².